The molecule has 0 aromatic heterocycles. The highest BCUT2D eigenvalue weighted by molar-refractivity contribution is 5.96. The van der Waals surface area contributed by atoms with Crippen molar-refractivity contribution in [3.05, 3.63) is 77.9 Å². The SMILES string of the molecule is O=C(/C=C/c1ccccc1)[C@@H](O)CCc1ccccc1. The van der Waals surface area contributed by atoms with Crippen molar-refractivity contribution >= 4 is 11.9 Å². The molecule has 0 heterocycles. The third-order valence-corrected chi connectivity index (χ3v) is 3.12. The van der Waals surface area contributed by atoms with E-state index in [0.717, 1.165) is 11.1 Å². The summed E-state index contributed by atoms with van der Waals surface area (Å²) in [6.45, 7) is 0. The Hall–Kier alpha value is -2.19. The van der Waals surface area contributed by atoms with Crippen molar-refractivity contribution in [1.82, 2.24) is 0 Å². The minimum atomic E-state index is -0.935. The van der Waals surface area contributed by atoms with Crippen molar-refractivity contribution in [3.63, 3.8) is 0 Å². The Morgan fingerprint density at radius 2 is 1.60 bits per heavy atom. The van der Waals surface area contributed by atoms with Crippen molar-refractivity contribution in [2.45, 2.75) is 18.9 Å². The number of rotatable bonds is 6. The van der Waals surface area contributed by atoms with Crippen LogP contribution in [0.2, 0.25) is 0 Å². The second kappa shape index (κ2) is 7.41. The van der Waals surface area contributed by atoms with E-state index in [4.69, 9.17) is 0 Å². The molecule has 0 fully saturated rings. The molecule has 0 radical (unpaired) electrons. The van der Waals surface area contributed by atoms with Crippen molar-refractivity contribution in [2.75, 3.05) is 0 Å². The number of carbonyl (C=O) groups is 1. The largest absolute Gasteiger partial charge is 0.385 e. The molecule has 2 aromatic rings. The number of aliphatic hydroxyl groups excluding tert-OH is 1. The van der Waals surface area contributed by atoms with Crippen molar-refractivity contribution < 1.29 is 9.90 Å². The van der Waals surface area contributed by atoms with Gasteiger partial charge in [-0.2, -0.15) is 0 Å². The molecule has 0 aliphatic rings. The molecular weight excluding hydrogens is 248 g/mol. The van der Waals surface area contributed by atoms with Crippen LogP contribution in [0.3, 0.4) is 0 Å². The van der Waals surface area contributed by atoms with Crippen LogP contribution in [0.25, 0.3) is 6.08 Å². The predicted molar refractivity (Wildman–Crippen MR) is 81.3 cm³/mol. The molecule has 0 amide bonds. The lowest BCUT2D eigenvalue weighted by molar-refractivity contribution is -0.122. The highest BCUT2D eigenvalue weighted by atomic mass is 16.3. The first-order valence-corrected chi connectivity index (χ1v) is 6.74. The van der Waals surface area contributed by atoms with Crippen LogP contribution in [-0.4, -0.2) is 17.0 Å². The van der Waals surface area contributed by atoms with Gasteiger partial charge in [0.2, 0.25) is 0 Å². The fourth-order valence-electron chi connectivity index (χ4n) is 1.94. The topological polar surface area (TPSA) is 37.3 Å². The summed E-state index contributed by atoms with van der Waals surface area (Å²) < 4.78 is 0. The lowest BCUT2D eigenvalue weighted by Crippen LogP contribution is -2.18. The van der Waals surface area contributed by atoms with Gasteiger partial charge in [-0.25, -0.2) is 0 Å². The standard InChI is InChI=1S/C18H18O2/c19-17(13-11-15-7-3-1-4-8-15)18(20)14-12-16-9-5-2-6-10-16/h1-11,13,18,20H,12,14H2/b13-11+/t18-/m0/s1. The van der Waals surface area contributed by atoms with Crippen LogP contribution in [-0.2, 0) is 11.2 Å². The van der Waals surface area contributed by atoms with Crippen molar-refractivity contribution in [1.29, 1.82) is 0 Å². The van der Waals surface area contributed by atoms with E-state index in [1.54, 1.807) is 6.08 Å². The van der Waals surface area contributed by atoms with Crippen molar-refractivity contribution in [2.24, 2.45) is 0 Å². The molecular formula is C18H18O2. The zero-order valence-electron chi connectivity index (χ0n) is 11.3. The fraction of sp³-hybridized carbons (Fsp3) is 0.167. The molecule has 0 spiro atoms. The fourth-order valence-corrected chi connectivity index (χ4v) is 1.94. The average molecular weight is 266 g/mol. The number of ketones is 1. The lowest BCUT2D eigenvalue weighted by Gasteiger charge is -2.06. The molecule has 2 aromatic carbocycles. The molecule has 2 nitrogen and oxygen atoms in total. The molecule has 0 aliphatic heterocycles. The van der Waals surface area contributed by atoms with Crippen LogP contribution in [0.5, 0.6) is 0 Å². The number of aliphatic hydroxyl groups is 1. The van der Waals surface area contributed by atoms with E-state index in [2.05, 4.69) is 0 Å². The van der Waals surface area contributed by atoms with E-state index in [0.29, 0.717) is 12.8 Å². The summed E-state index contributed by atoms with van der Waals surface area (Å²) in [6.07, 6.45) is 3.39. The number of carbonyl (C=O) groups excluding carboxylic acids is 1. The Labute approximate surface area is 119 Å². The number of hydrogen-bond donors (Lipinski definition) is 1. The van der Waals surface area contributed by atoms with Crippen LogP contribution in [0.4, 0.5) is 0 Å². The van der Waals surface area contributed by atoms with Gasteiger partial charge in [0, 0.05) is 0 Å². The highest BCUT2D eigenvalue weighted by Crippen LogP contribution is 2.07. The van der Waals surface area contributed by atoms with E-state index in [-0.39, 0.29) is 5.78 Å². The van der Waals surface area contributed by atoms with Crippen LogP contribution >= 0.6 is 0 Å². The Balaban J connectivity index is 1.85. The molecule has 1 atom stereocenters. The minimum absolute atomic E-state index is 0.246. The molecule has 2 rings (SSSR count). The Morgan fingerprint density at radius 1 is 1.00 bits per heavy atom. The summed E-state index contributed by atoms with van der Waals surface area (Å²) in [5.41, 5.74) is 2.09. The van der Waals surface area contributed by atoms with E-state index in [1.165, 1.54) is 6.08 Å². The van der Waals surface area contributed by atoms with E-state index >= 15 is 0 Å². The third kappa shape index (κ3) is 4.48. The normalized spacial score (nSPS) is 12.4. The summed E-state index contributed by atoms with van der Waals surface area (Å²) in [4.78, 5) is 11.8. The molecule has 1 N–H and O–H groups in total. The molecule has 2 heteroatoms. The first-order valence-electron chi connectivity index (χ1n) is 6.74. The van der Waals surface area contributed by atoms with Gasteiger partial charge >= 0.3 is 0 Å². The molecule has 20 heavy (non-hydrogen) atoms. The van der Waals surface area contributed by atoms with Crippen LogP contribution < -0.4 is 0 Å². The van der Waals surface area contributed by atoms with Gasteiger partial charge in [0.1, 0.15) is 6.10 Å². The maximum Gasteiger partial charge on any atom is 0.184 e. The van der Waals surface area contributed by atoms with Gasteiger partial charge < -0.3 is 5.11 Å². The van der Waals surface area contributed by atoms with Gasteiger partial charge in [0.25, 0.3) is 0 Å². The van der Waals surface area contributed by atoms with Crippen LogP contribution in [0, 0.1) is 0 Å². The minimum Gasteiger partial charge on any atom is -0.385 e. The quantitative estimate of drug-likeness (QED) is 0.815. The maximum atomic E-state index is 11.8. The zero-order valence-corrected chi connectivity index (χ0v) is 11.3. The number of aryl methyl sites for hydroxylation is 1. The van der Waals surface area contributed by atoms with Gasteiger partial charge in [0.05, 0.1) is 0 Å². The number of hydrogen-bond acceptors (Lipinski definition) is 2. The van der Waals surface area contributed by atoms with Gasteiger partial charge in [-0.15, -0.1) is 0 Å². The second-order valence-electron chi connectivity index (χ2n) is 4.69. The summed E-state index contributed by atoms with van der Waals surface area (Å²) in [5, 5.41) is 9.86. The molecule has 0 unspecified atom stereocenters. The third-order valence-electron chi connectivity index (χ3n) is 3.12. The number of benzene rings is 2. The Kier molecular flexibility index (Phi) is 5.27. The van der Waals surface area contributed by atoms with Gasteiger partial charge in [-0.3, -0.25) is 4.79 Å². The second-order valence-corrected chi connectivity index (χ2v) is 4.69. The Morgan fingerprint density at radius 3 is 2.25 bits per heavy atom. The first-order chi connectivity index (χ1) is 9.75. The molecule has 0 saturated carbocycles. The monoisotopic (exact) mass is 266 g/mol. The van der Waals surface area contributed by atoms with E-state index in [1.807, 2.05) is 60.7 Å². The molecule has 0 aliphatic carbocycles. The summed E-state index contributed by atoms with van der Waals surface area (Å²) >= 11 is 0. The van der Waals surface area contributed by atoms with Crippen LogP contribution in [0.15, 0.2) is 66.7 Å². The first kappa shape index (κ1) is 14.2. The van der Waals surface area contributed by atoms with Gasteiger partial charge in [-0.05, 0) is 30.0 Å². The smallest absolute Gasteiger partial charge is 0.184 e. The summed E-state index contributed by atoms with van der Waals surface area (Å²) in [7, 11) is 0. The summed E-state index contributed by atoms with van der Waals surface area (Å²) in [5.74, 6) is -0.246. The molecule has 102 valence electrons. The van der Waals surface area contributed by atoms with Gasteiger partial charge in [-0.1, -0.05) is 66.7 Å². The maximum absolute atomic E-state index is 11.8. The average Bonchev–Trinajstić information content (AvgIpc) is 2.52. The molecule has 0 saturated heterocycles. The van der Waals surface area contributed by atoms with Crippen LogP contribution in [0.1, 0.15) is 17.5 Å². The zero-order chi connectivity index (χ0) is 14.2. The molecule has 0 bridgehead atoms. The van der Waals surface area contributed by atoms with E-state index < -0.39 is 6.10 Å². The van der Waals surface area contributed by atoms with E-state index in [9.17, 15) is 9.90 Å². The highest BCUT2D eigenvalue weighted by Gasteiger charge is 2.11. The lowest BCUT2D eigenvalue weighted by atomic mass is 10.0. The van der Waals surface area contributed by atoms with Gasteiger partial charge in [0.15, 0.2) is 5.78 Å². The summed E-state index contributed by atoms with van der Waals surface area (Å²) in [6, 6.07) is 19.4. The Bertz CT molecular complexity index is 558. The predicted octanol–water partition coefficient (Wildman–Crippen LogP) is 3.26. The van der Waals surface area contributed by atoms with Crippen molar-refractivity contribution in [3.8, 4) is 0 Å².